The van der Waals surface area contributed by atoms with Crippen LogP contribution >= 0.6 is 11.3 Å². The van der Waals surface area contributed by atoms with Gasteiger partial charge < -0.3 is 15.7 Å². The molecule has 0 spiro atoms. The Morgan fingerprint density at radius 1 is 1.17 bits per heavy atom. The summed E-state index contributed by atoms with van der Waals surface area (Å²) in [5.74, 6) is -0.281. The van der Waals surface area contributed by atoms with E-state index in [9.17, 15) is 14.7 Å². The summed E-state index contributed by atoms with van der Waals surface area (Å²) in [5.41, 5.74) is 1.17. The van der Waals surface area contributed by atoms with Gasteiger partial charge in [-0.1, -0.05) is 0 Å². The van der Waals surface area contributed by atoms with Gasteiger partial charge in [0, 0.05) is 36.4 Å². The quantitative estimate of drug-likeness (QED) is 0.585. The fraction of sp³-hybridized carbons (Fsp3) is 0.188. The number of fused-ring (bicyclic) bond motifs is 1. The smallest absolute Gasteiger partial charge is 0.251 e. The average Bonchev–Trinajstić information content (AvgIpc) is 3.13. The minimum atomic E-state index is -0.251. The fourth-order valence-corrected chi connectivity index (χ4v) is 2.90. The number of amides is 2. The van der Waals surface area contributed by atoms with Crippen molar-refractivity contribution in [3.05, 3.63) is 53.3 Å². The van der Waals surface area contributed by atoms with Gasteiger partial charge in [-0.3, -0.25) is 14.0 Å². The van der Waals surface area contributed by atoms with Crippen molar-refractivity contribution in [2.24, 2.45) is 0 Å². The van der Waals surface area contributed by atoms with Crippen LogP contribution in [0.5, 0.6) is 5.75 Å². The van der Waals surface area contributed by atoms with Gasteiger partial charge in [-0.15, -0.1) is 11.3 Å². The summed E-state index contributed by atoms with van der Waals surface area (Å²) >= 11 is 1.52. The molecule has 0 fully saturated rings. The Kier molecular flexibility index (Phi) is 4.76. The molecule has 8 heteroatoms. The first kappa shape index (κ1) is 16.0. The van der Waals surface area contributed by atoms with Gasteiger partial charge in [-0.2, -0.15) is 0 Å². The van der Waals surface area contributed by atoms with Crippen molar-refractivity contribution in [2.45, 2.75) is 6.42 Å². The van der Waals surface area contributed by atoms with Gasteiger partial charge in [0.15, 0.2) is 4.96 Å². The maximum absolute atomic E-state index is 11.9. The summed E-state index contributed by atoms with van der Waals surface area (Å²) < 4.78 is 1.88. The molecule has 2 aromatic heterocycles. The second-order valence-electron chi connectivity index (χ2n) is 5.15. The highest BCUT2D eigenvalue weighted by Gasteiger charge is 2.08. The van der Waals surface area contributed by atoms with Crippen molar-refractivity contribution in [1.82, 2.24) is 20.0 Å². The van der Waals surface area contributed by atoms with E-state index in [1.165, 1.54) is 35.6 Å². The van der Waals surface area contributed by atoms with E-state index in [1.807, 2.05) is 22.2 Å². The number of thiazole rings is 1. The van der Waals surface area contributed by atoms with Gasteiger partial charge in [0.05, 0.1) is 12.1 Å². The van der Waals surface area contributed by atoms with Crippen LogP contribution in [0.1, 0.15) is 16.1 Å². The number of benzene rings is 1. The number of aromatic hydroxyl groups is 1. The fourth-order valence-electron chi connectivity index (χ4n) is 2.18. The van der Waals surface area contributed by atoms with Crippen LogP contribution in [-0.2, 0) is 11.2 Å². The Morgan fingerprint density at radius 3 is 2.67 bits per heavy atom. The van der Waals surface area contributed by atoms with E-state index in [0.29, 0.717) is 24.3 Å². The number of carbonyl (C=O) groups excluding carboxylic acids is 2. The molecule has 0 aliphatic heterocycles. The number of nitrogens with one attached hydrogen (secondary N) is 2. The van der Waals surface area contributed by atoms with Crippen LogP contribution in [0.3, 0.4) is 0 Å². The second-order valence-corrected chi connectivity index (χ2v) is 6.03. The summed E-state index contributed by atoms with van der Waals surface area (Å²) in [6.45, 7) is 0.661. The van der Waals surface area contributed by atoms with Gasteiger partial charge in [-0.05, 0) is 24.3 Å². The molecule has 2 amide bonds. The van der Waals surface area contributed by atoms with Gasteiger partial charge in [-0.25, -0.2) is 4.98 Å². The van der Waals surface area contributed by atoms with Gasteiger partial charge >= 0.3 is 0 Å². The molecule has 0 saturated heterocycles. The molecule has 0 atom stereocenters. The SMILES string of the molecule is O=C(Cc1cn2ccsc2n1)NCCNC(=O)c1ccc(O)cc1. The molecule has 7 nitrogen and oxygen atoms in total. The molecule has 0 radical (unpaired) electrons. The number of hydrogen-bond donors (Lipinski definition) is 3. The summed E-state index contributed by atoms with van der Waals surface area (Å²) in [6, 6.07) is 5.97. The second kappa shape index (κ2) is 7.14. The molecule has 0 bridgehead atoms. The lowest BCUT2D eigenvalue weighted by atomic mass is 10.2. The van der Waals surface area contributed by atoms with E-state index in [0.717, 1.165) is 4.96 Å². The Bertz CT molecular complexity index is 825. The summed E-state index contributed by atoms with van der Waals surface area (Å²) in [7, 11) is 0. The predicted octanol–water partition coefficient (Wildman–Crippen LogP) is 1.19. The number of carbonyl (C=O) groups is 2. The number of phenolic OH excluding ortho intramolecular Hbond substituents is 1. The van der Waals surface area contributed by atoms with Crippen molar-refractivity contribution >= 4 is 28.1 Å². The summed E-state index contributed by atoms with van der Waals surface area (Å²) in [4.78, 5) is 28.9. The topological polar surface area (TPSA) is 95.7 Å². The highest BCUT2D eigenvalue weighted by Crippen LogP contribution is 2.11. The maximum Gasteiger partial charge on any atom is 0.251 e. The van der Waals surface area contributed by atoms with Crippen molar-refractivity contribution < 1.29 is 14.7 Å². The Balaban J connectivity index is 1.39. The molecule has 3 N–H and O–H groups in total. The highest BCUT2D eigenvalue weighted by molar-refractivity contribution is 7.15. The largest absolute Gasteiger partial charge is 0.508 e. The molecular weight excluding hydrogens is 328 g/mol. The molecular formula is C16H16N4O3S. The van der Waals surface area contributed by atoms with Crippen LogP contribution in [0.25, 0.3) is 4.96 Å². The highest BCUT2D eigenvalue weighted by atomic mass is 32.1. The molecule has 1 aromatic carbocycles. The zero-order chi connectivity index (χ0) is 16.9. The zero-order valence-corrected chi connectivity index (χ0v) is 13.5. The number of rotatable bonds is 6. The molecule has 24 heavy (non-hydrogen) atoms. The predicted molar refractivity (Wildman–Crippen MR) is 90.2 cm³/mol. The maximum atomic E-state index is 11.9. The number of nitrogens with zero attached hydrogens (tertiary/aromatic N) is 2. The van der Waals surface area contributed by atoms with E-state index >= 15 is 0 Å². The van der Waals surface area contributed by atoms with Gasteiger partial charge in [0.25, 0.3) is 5.91 Å². The number of hydrogen-bond acceptors (Lipinski definition) is 5. The Morgan fingerprint density at radius 2 is 1.92 bits per heavy atom. The van der Waals surface area contributed by atoms with Crippen molar-refractivity contribution in [3.8, 4) is 5.75 Å². The minimum Gasteiger partial charge on any atom is -0.508 e. The monoisotopic (exact) mass is 344 g/mol. The normalized spacial score (nSPS) is 10.7. The van der Waals surface area contributed by atoms with E-state index in [-0.39, 0.29) is 24.0 Å². The first-order valence-corrected chi connectivity index (χ1v) is 8.25. The van der Waals surface area contributed by atoms with Crippen molar-refractivity contribution in [2.75, 3.05) is 13.1 Å². The standard InChI is InChI=1S/C16H16N4O3S/c21-13-3-1-11(2-4-13)15(23)18-6-5-17-14(22)9-12-10-20-7-8-24-16(20)19-12/h1-4,7-8,10,21H,5-6,9H2,(H,17,22)(H,18,23). The van der Waals surface area contributed by atoms with Crippen LogP contribution in [0, 0.1) is 0 Å². The van der Waals surface area contributed by atoms with Crippen LogP contribution in [0.2, 0.25) is 0 Å². The van der Waals surface area contributed by atoms with Crippen molar-refractivity contribution in [1.29, 1.82) is 0 Å². The average molecular weight is 344 g/mol. The van der Waals surface area contributed by atoms with Crippen LogP contribution in [0.15, 0.2) is 42.0 Å². The third-order valence-corrected chi connectivity index (χ3v) is 4.12. The zero-order valence-electron chi connectivity index (χ0n) is 12.7. The molecule has 3 rings (SSSR count). The molecule has 3 aromatic rings. The van der Waals surface area contributed by atoms with E-state index in [2.05, 4.69) is 15.6 Å². The molecule has 124 valence electrons. The lowest BCUT2D eigenvalue weighted by molar-refractivity contribution is -0.120. The molecule has 2 heterocycles. The minimum absolute atomic E-state index is 0.109. The third kappa shape index (κ3) is 3.90. The van der Waals surface area contributed by atoms with Crippen molar-refractivity contribution in [3.63, 3.8) is 0 Å². The first-order chi connectivity index (χ1) is 11.6. The number of aromatic nitrogens is 2. The summed E-state index contributed by atoms with van der Waals surface area (Å²) in [5, 5.41) is 16.6. The van der Waals surface area contributed by atoms with Crippen LogP contribution < -0.4 is 10.6 Å². The van der Waals surface area contributed by atoms with Gasteiger partial charge in [0.2, 0.25) is 5.91 Å². The first-order valence-electron chi connectivity index (χ1n) is 7.37. The van der Waals surface area contributed by atoms with E-state index in [1.54, 1.807) is 0 Å². The molecule has 0 aliphatic carbocycles. The van der Waals surface area contributed by atoms with Gasteiger partial charge in [0.1, 0.15) is 5.75 Å². The number of imidazole rings is 1. The summed E-state index contributed by atoms with van der Waals surface area (Å²) in [6.07, 6.45) is 3.94. The Labute approximate surface area is 142 Å². The third-order valence-electron chi connectivity index (χ3n) is 3.35. The van der Waals surface area contributed by atoms with Crippen LogP contribution in [-0.4, -0.2) is 39.4 Å². The molecule has 0 unspecified atom stereocenters. The van der Waals surface area contributed by atoms with E-state index in [4.69, 9.17) is 0 Å². The number of phenols is 1. The van der Waals surface area contributed by atoms with E-state index < -0.39 is 0 Å². The molecule has 0 saturated carbocycles. The lowest BCUT2D eigenvalue weighted by Gasteiger charge is -2.06. The lowest BCUT2D eigenvalue weighted by Crippen LogP contribution is -2.35. The molecule has 0 aliphatic rings. The Hall–Kier alpha value is -2.87. The van der Waals surface area contributed by atoms with Crippen LogP contribution in [0.4, 0.5) is 0 Å².